The Bertz CT molecular complexity index is 582. The highest BCUT2D eigenvalue weighted by Gasteiger charge is 2.14. The monoisotopic (exact) mass is 285 g/mol. The number of aromatic nitrogens is 2. The predicted octanol–water partition coefficient (Wildman–Crippen LogP) is 3.61. The summed E-state index contributed by atoms with van der Waals surface area (Å²) < 4.78 is 1.84. The van der Waals surface area contributed by atoms with Crippen LogP contribution >= 0.6 is 0 Å². The normalized spacial score (nSPS) is 10.9. The maximum absolute atomic E-state index is 12.0. The molecule has 2 rings (SSSR count). The highest BCUT2D eigenvalue weighted by atomic mass is 16.1. The third kappa shape index (κ3) is 4.18. The number of hydrogen-bond donors (Lipinski definition) is 1. The lowest BCUT2D eigenvalue weighted by molar-refractivity contribution is -0.120. The van der Waals surface area contributed by atoms with Crippen molar-refractivity contribution in [3.63, 3.8) is 0 Å². The van der Waals surface area contributed by atoms with Crippen molar-refractivity contribution in [1.29, 1.82) is 0 Å². The van der Waals surface area contributed by atoms with Crippen LogP contribution in [0.15, 0.2) is 36.7 Å². The summed E-state index contributed by atoms with van der Waals surface area (Å²) in [7, 11) is 0. The topological polar surface area (TPSA) is 46.9 Å². The second kappa shape index (κ2) is 7.07. The maximum Gasteiger partial charge on any atom is 0.227 e. The van der Waals surface area contributed by atoms with Crippen LogP contribution in [0.1, 0.15) is 37.8 Å². The van der Waals surface area contributed by atoms with E-state index < -0.39 is 0 Å². The van der Waals surface area contributed by atoms with E-state index in [1.165, 1.54) is 11.1 Å². The number of anilines is 1. The minimum absolute atomic E-state index is 0.0745. The lowest BCUT2D eigenvalue weighted by atomic mass is 10.0. The zero-order valence-electron chi connectivity index (χ0n) is 13.0. The average molecular weight is 285 g/mol. The fraction of sp³-hybridized carbons (Fsp3) is 0.412. The largest absolute Gasteiger partial charge is 0.323 e. The van der Waals surface area contributed by atoms with Gasteiger partial charge >= 0.3 is 0 Å². The molecule has 1 aromatic heterocycles. The zero-order valence-corrected chi connectivity index (χ0v) is 13.0. The molecule has 1 N–H and O–H groups in total. The van der Waals surface area contributed by atoms with Crippen LogP contribution < -0.4 is 5.32 Å². The molecule has 112 valence electrons. The van der Waals surface area contributed by atoms with Gasteiger partial charge in [-0.25, -0.2) is 0 Å². The first-order valence-electron chi connectivity index (χ1n) is 7.51. The highest BCUT2D eigenvalue weighted by molar-refractivity contribution is 5.92. The number of hydrogen-bond acceptors (Lipinski definition) is 2. The van der Waals surface area contributed by atoms with Gasteiger partial charge in [-0.2, -0.15) is 5.10 Å². The Hall–Kier alpha value is -2.10. The van der Waals surface area contributed by atoms with Crippen molar-refractivity contribution >= 4 is 11.6 Å². The van der Waals surface area contributed by atoms with Crippen LogP contribution in [0.25, 0.3) is 0 Å². The van der Waals surface area contributed by atoms with Gasteiger partial charge in [-0.15, -0.1) is 0 Å². The van der Waals surface area contributed by atoms with Crippen LogP contribution in [0.4, 0.5) is 5.69 Å². The van der Waals surface area contributed by atoms with E-state index in [9.17, 15) is 4.79 Å². The number of rotatable bonds is 6. The first kappa shape index (κ1) is 15.3. The standard InChI is InChI=1S/C17H23N3O/c1-4-15(5-2)17(21)19-16-10-18-20(12-16)11-14-8-6-13(3)7-9-14/h6-10,12,15H,4-5,11H2,1-3H3,(H,19,21). The number of carbonyl (C=O) groups excluding carboxylic acids is 1. The Balaban J connectivity index is 1.98. The molecule has 0 unspecified atom stereocenters. The summed E-state index contributed by atoms with van der Waals surface area (Å²) in [6.45, 7) is 6.85. The second-order valence-corrected chi connectivity index (χ2v) is 5.41. The molecule has 0 bridgehead atoms. The highest BCUT2D eigenvalue weighted by Crippen LogP contribution is 2.13. The smallest absolute Gasteiger partial charge is 0.227 e. The Morgan fingerprint density at radius 3 is 2.52 bits per heavy atom. The van der Waals surface area contributed by atoms with Crippen molar-refractivity contribution in [2.45, 2.75) is 40.2 Å². The molecule has 0 aliphatic rings. The molecule has 1 heterocycles. The van der Waals surface area contributed by atoms with Crippen molar-refractivity contribution in [2.24, 2.45) is 5.92 Å². The van der Waals surface area contributed by atoms with Crippen molar-refractivity contribution in [3.05, 3.63) is 47.8 Å². The van der Waals surface area contributed by atoms with Crippen LogP contribution in [0.3, 0.4) is 0 Å². The van der Waals surface area contributed by atoms with Gasteiger partial charge in [0.2, 0.25) is 5.91 Å². The number of aryl methyl sites for hydroxylation is 1. The third-order valence-corrected chi connectivity index (χ3v) is 3.72. The van der Waals surface area contributed by atoms with Gasteiger partial charge in [-0.3, -0.25) is 9.48 Å². The summed E-state index contributed by atoms with van der Waals surface area (Å²) in [6, 6.07) is 8.38. The van der Waals surface area contributed by atoms with Crippen LogP contribution in [-0.4, -0.2) is 15.7 Å². The SMILES string of the molecule is CCC(CC)C(=O)Nc1cnn(Cc2ccc(C)cc2)c1. The fourth-order valence-corrected chi connectivity index (χ4v) is 2.30. The number of benzene rings is 1. The van der Waals surface area contributed by atoms with Crippen LogP contribution in [0, 0.1) is 12.8 Å². The van der Waals surface area contributed by atoms with Gasteiger partial charge in [0.1, 0.15) is 0 Å². The quantitative estimate of drug-likeness (QED) is 0.881. The van der Waals surface area contributed by atoms with E-state index in [-0.39, 0.29) is 11.8 Å². The van der Waals surface area contributed by atoms with E-state index in [1.54, 1.807) is 6.20 Å². The lowest BCUT2D eigenvalue weighted by Gasteiger charge is -2.11. The van der Waals surface area contributed by atoms with Crippen LogP contribution in [0.2, 0.25) is 0 Å². The van der Waals surface area contributed by atoms with E-state index >= 15 is 0 Å². The minimum atomic E-state index is 0.0745. The molecule has 0 radical (unpaired) electrons. The van der Waals surface area contributed by atoms with Crippen molar-refractivity contribution in [2.75, 3.05) is 5.32 Å². The van der Waals surface area contributed by atoms with Gasteiger partial charge in [0.15, 0.2) is 0 Å². The summed E-state index contributed by atoms with van der Waals surface area (Å²) in [5, 5.41) is 7.24. The number of nitrogens with zero attached hydrogens (tertiary/aromatic N) is 2. The second-order valence-electron chi connectivity index (χ2n) is 5.41. The van der Waals surface area contributed by atoms with Gasteiger partial charge in [-0.1, -0.05) is 43.7 Å². The Morgan fingerprint density at radius 2 is 1.90 bits per heavy atom. The molecule has 0 saturated carbocycles. The summed E-state index contributed by atoms with van der Waals surface area (Å²) >= 11 is 0. The summed E-state index contributed by atoms with van der Waals surface area (Å²) in [4.78, 5) is 12.0. The maximum atomic E-state index is 12.0. The molecule has 2 aromatic rings. The van der Waals surface area contributed by atoms with Crippen LogP contribution in [-0.2, 0) is 11.3 Å². The van der Waals surface area contributed by atoms with E-state index in [1.807, 2.05) is 24.7 Å². The number of carbonyl (C=O) groups is 1. The average Bonchev–Trinajstić information content (AvgIpc) is 2.90. The molecule has 0 saturated heterocycles. The first-order chi connectivity index (χ1) is 10.1. The third-order valence-electron chi connectivity index (χ3n) is 3.72. The van der Waals surface area contributed by atoms with Gasteiger partial charge in [0, 0.05) is 12.1 Å². The molecule has 0 aliphatic heterocycles. The first-order valence-corrected chi connectivity index (χ1v) is 7.51. The van der Waals surface area contributed by atoms with Crippen molar-refractivity contribution in [1.82, 2.24) is 9.78 Å². The van der Waals surface area contributed by atoms with Gasteiger partial charge in [0.05, 0.1) is 18.4 Å². The Morgan fingerprint density at radius 1 is 1.24 bits per heavy atom. The van der Waals surface area contributed by atoms with E-state index in [4.69, 9.17) is 0 Å². The summed E-state index contributed by atoms with van der Waals surface area (Å²) in [6.07, 6.45) is 5.30. The predicted molar refractivity (Wildman–Crippen MR) is 85.2 cm³/mol. The molecule has 0 spiro atoms. The van der Waals surface area contributed by atoms with E-state index in [0.29, 0.717) is 6.54 Å². The van der Waals surface area contributed by atoms with E-state index in [2.05, 4.69) is 41.6 Å². The van der Waals surface area contributed by atoms with Crippen molar-refractivity contribution in [3.8, 4) is 0 Å². The molecule has 0 atom stereocenters. The molecule has 1 amide bonds. The van der Waals surface area contributed by atoms with E-state index in [0.717, 1.165) is 18.5 Å². The molecular weight excluding hydrogens is 262 g/mol. The molecule has 0 fully saturated rings. The molecule has 4 heteroatoms. The molecule has 1 aromatic carbocycles. The Labute approximate surface area is 126 Å². The molecule has 21 heavy (non-hydrogen) atoms. The van der Waals surface area contributed by atoms with Crippen molar-refractivity contribution < 1.29 is 4.79 Å². The lowest BCUT2D eigenvalue weighted by Crippen LogP contribution is -2.21. The summed E-state index contributed by atoms with van der Waals surface area (Å²) in [5.74, 6) is 0.153. The van der Waals surface area contributed by atoms with Crippen LogP contribution in [0.5, 0.6) is 0 Å². The zero-order chi connectivity index (χ0) is 15.2. The fourth-order valence-electron chi connectivity index (χ4n) is 2.30. The Kier molecular flexibility index (Phi) is 5.14. The van der Waals surface area contributed by atoms with Gasteiger partial charge < -0.3 is 5.32 Å². The number of nitrogens with one attached hydrogen (secondary N) is 1. The van der Waals surface area contributed by atoms with Gasteiger partial charge in [-0.05, 0) is 25.3 Å². The number of amides is 1. The molecule has 4 nitrogen and oxygen atoms in total. The summed E-state index contributed by atoms with van der Waals surface area (Å²) in [5.41, 5.74) is 3.21. The minimum Gasteiger partial charge on any atom is -0.323 e. The van der Waals surface area contributed by atoms with Gasteiger partial charge in [0.25, 0.3) is 0 Å². The molecular formula is C17H23N3O. The molecule has 0 aliphatic carbocycles.